The van der Waals surface area contributed by atoms with E-state index in [0.29, 0.717) is 11.3 Å². The molecule has 0 unspecified atom stereocenters. The number of nitrogens with zero attached hydrogens (tertiary/aromatic N) is 2. The molecule has 2 aromatic carbocycles. The van der Waals surface area contributed by atoms with Crippen LogP contribution in [0.2, 0.25) is 0 Å². The van der Waals surface area contributed by atoms with Crippen molar-refractivity contribution in [1.82, 2.24) is 4.90 Å². The van der Waals surface area contributed by atoms with Crippen molar-refractivity contribution in [1.29, 1.82) is 0 Å². The van der Waals surface area contributed by atoms with Crippen LogP contribution in [0.1, 0.15) is 28.4 Å². The first kappa shape index (κ1) is 16.7. The van der Waals surface area contributed by atoms with Gasteiger partial charge in [-0.3, -0.25) is 0 Å². The zero-order valence-corrected chi connectivity index (χ0v) is 14.0. The van der Waals surface area contributed by atoms with Crippen molar-refractivity contribution in [2.24, 2.45) is 4.99 Å². The molecule has 0 atom stereocenters. The molecule has 0 spiro atoms. The van der Waals surface area contributed by atoms with Crippen molar-refractivity contribution in [2.45, 2.75) is 20.8 Å². The molecule has 0 aliphatic heterocycles. The normalized spacial score (nSPS) is 10.8. The number of carbonyl (C=O) groups is 1. The Morgan fingerprint density at radius 2 is 1.87 bits per heavy atom. The molecule has 2 aromatic rings. The number of aliphatic imine (C=N–C) groups is 1. The van der Waals surface area contributed by atoms with E-state index in [-0.39, 0.29) is 5.97 Å². The molecule has 120 valence electrons. The van der Waals surface area contributed by atoms with Gasteiger partial charge in [-0.15, -0.1) is 0 Å². The lowest BCUT2D eigenvalue weighted by atomic mass is 10.0. The van der Waals surface area contributed by atoms with Gasteiger partial charge in [-0.2, -0.15) is 0 Å². The Balaban J connectivity index is 2.22. The van der Waals surface area contributed by atoms with Gasteiger partial charge >= 0.3 is 5.97 Å². The van der Waals surface area contributed by atoms with Crippen molar-refractivity contribution >= 4 is 18.0 Å². The maximum absolute atomic E-state index is 12.3. The number of ether oxygens (including phenoxy) is 1. The highest BCUT2D eigenvalue weighted by molar-refractivity contribution is 5.93. The summed E-state index contributed by atoms with van der Waals surface area (Å²) in [5.41, 5.74) is 3.22. The first-order valence-electron chi connectivity index (χ1n) is 7.64. The minimum atomic E-state index is -0.349. The smallest absolute Gasteiger partial charge is 0.343 e. The van der Waals surface area contributed by atoms with Gasteiger partial charge in [-0.05, 0) is 56.2 Å². The van der Waals surface area contributed by atoms with Gasteiger partial charge < -0.3 is 9.64 Å². The first-order chi connectivity index (χ1) is 11.0. The lowest BCUT2D eigenvalue weighted by Gasteiger charge is -2.11. The predicted molar refractivity (Wildman–Crippen MR) is 93.8 cm³/mol. The van der Waals surface area contributed by atoms with E-state index in [4.69, 9.17) is 4.74 Å². The number of hydrogen-bond donors (Lipinski definition) is 0. The Labute approximate surface area is 137 Å². The minimum Gasteiger partial charge on any atom is -0.423 e. The lowest BCUT2D eigenvalue weighted by Crippen LogP contribution is -2.14. The number of para-hydroxylation sites is 1. The molecule has 0 bridgehead atoms. The summed E-state index contributed by atoms with van der Waals surface area (Å²) in [6, 6.07) is 12.8. The summed E-state index contributed by atoms with van der Waals surface area (Å²) >= 11 is 0. The molecule has 0 aliphatic rings. The van der Waals surface area contributed by atoms with Crippen LogP contribution in [0.4, 0.5) is 5.69 Å². The molecule has 2 rings (SSSR count). The fourth-order valence-electron chi connectivity index (χ4n) is 2.05. The molecule has 0 heterocycles. The highest BCUT2D eigenvalue weighted by atomic mass is 16.5. The highest BCUT2D eigenvalue weighted by Gasteiger charge is 2.13. The van der Waals surface area contributed by atoms with E-state index in [1.165, 1.54) is 0 Å². The molecular formula is C19H22N2O2. The Hall–Kier alpha value is -2.62. The van der Waals surface area contributed by atoms with Crippen molar-refractivity contribution in [3.05, 3.63) is 59.2 Å². The third-order valence-electron chi connectivity index (χ3n) is 3.61. The largest absolute Gasteiger partial charge is 0.423 e. The van der Waals surface area contributed by atoms with Crippen LogP contribution in [0.15, 0.2) is 47.5 Å². The molecule has 0 aliphatic carbocycles. The van der Waals surface area contributed by atoms with Gasteiger partial charge in [-0.25, -0.2) is 9.79 Å². The summed E-state index contributed by atoms with van der Waals surface area (Å²) in [6.45, 7) is 6.79. The molecule has 0 saturated carbocycles. The minimum absolute atomic E-state index is 0.349. The summed E-state index contributed by atoms with van der Waals surface area (Å²) in [6.07, 6.45) is 1.80. The molecule has 0 N–H and O–H groups in total. The molecule has 23 heavy (non-hydrogen) atoms. The highest BCUT2D eigenvalue weighted by Crippen LogP contribution is 2.24. The second-order valence-electron chi connectivity index (χ2n) is 5.47. The summed E-state index contributed by atoms with van der Waals surface area (Å²) in [4.78, 5) is 18.8. The summed E-state index contributed by atoms with van der Waals surface area (Å²) < 4.78 is 5.41. The number of rotatable bonds is 5. The zero-order valence-electron chi connectivity index (χ0n) is 14.0. The average molecular weight is 310 g/mol. The second-order valence-corrected chi connectivity index (χ2v) is 5.47. The van der Waals surface area contributed by atoms with Crippen molar-refractivity contribution in [3.63, 3.8) is 0 Å². The molecule has 0 fully saturated rings. The van der Waals surface area contributed by atoms with Gasteiger partial charge in [0.05, 0.1) is 17.6 Å². The quantitative estimate of drug-likeness (QED) is 0.361. The van der Waals surface area contributed by atoms with Gasteiger partial charge in [-0.1, -0.05) is 18.2 Å². The third kappa shape index (κ3) is 4.42. The predicted octanol–water partition coefficient (Wildman–Crippen LogP) is 4.13. The first-order valence-corrected chi connectivity index (χ1v) is 7.64. The van der Waals surface area contributed by atoms with E-state index in [9.17, 15) is 4.79 Å². The fraction of sp³-hybridized carbons (Fsp3) is 0.263. The number of esters is 1. The monoisotopic (exact) mass is 310 g/mol. The molecule has 0 aromatic heterocycles. The van der Waals surface area contributed by atoms with Gasteiger partial charge in [0.15, 0.2) is 0 Å². The topological polar surface area (TPSA) is 41.9 Å². The molecule has 0 radical (unpaired) electrons. The Kier molecular flexibility index (Phi) is 5.52. The zero-order chi connectivity index (χ0) is 16.8. The number of aryl methyl sites for hydroxylation is 2. The van der Waals surface area contributed by atoms with Crippen LogP contribution in [0.5, 0.6) is 5.75 Å². The van der Waals surface area contributed by atoms with Crippen LogP contribution in [0.25, 0.3) is 0 Å². The van der Waals surface area contributed by atoms with Gasteiger partial charge in [0.25, 0.3) is 0 Å². The van der Waals surface area contributed by atoms with Crippen molar-refractivity contribution in [2.75, 3.05) is 13.6 Å². The molecular weight excluding hydrogens is 288 g/mol. The molecule has 4 heteroatoms. The van der Waals surface area contributed by atoms with Crippen LogP contribution in [0.3, 0.4) is 0 Å². The van der Waals surface area contributed by atoms with Crippen molar-refractivity contribution < 1.29 is 9.53 Å². The van der Waals surface area contributed by atoms with Crippen LogP contribution in [-0.4, -0.2) is 30.8 Å². The van der Waals surface area contributed by atoms with Crippen LogP contribution >= 0.6 is 0 Å². The van der Waals surface area contributed by atoms with Gasteiger partial charge in [0.2, 0.25) is 0 Å². The van der Waals surface area contributed by atoms with E-state index in [1.54, 1.807) is 18.5 Å². The molecule has 0 amide bonds. The van der Waals surface area contributed by atoms with Crippen LogP contribution in [0, 0.1) is 13.8 Å². The summed E-state index contributed by atoms with van der Waals surface area (Å²) in [7, 11) is 1.97. The van der Waals surface area contributed by atoms with Crippen molar-refractivity contribution in [3.8, 4) is 5.75 Å². The maximum Gasteiger partial charge on any atom is 0.343 e. The SMILES string of the molecule is CCN(C)C=Nc1cc(C)c(C(=O)Oc2ccccc2)cc1C. The lowest BCUT2D eigenvalue weighted by molar-refractivity contribution is 0.0734. The Morgan fingerprint density at radius 1 is 1.17 bits per heavy atom. The second kappa shape index (κ2) is 7.58. The summed E-state index contributed by atoms with van der Waals surface area (Å²) in [5.74, 6) is 0.194. The average Bonchev–Trinajstić information content (AvgIpc) is 2.55. The van der Waals surface area contributed by atoms with E-state index in [0.717, 1.165) is 23.4 Å². The van der Waals surface area contributed by atoms with Crippen LogP contribution in [-0.2, 0) is 0 Å². The number of benzene rings is 2. The van der Waals surface area contributed by atoms with Gasteiger partial charge in [0.1, 0.15) is 5.75 Å². The van der Waals surface area contributed by atoms with E-state index < -0.39 is 0 Å². The Bertz CT molecular complexity index is 709. The number of carbonyl (C=O) groups excluding carboxylic acids is 1. The van der Waals surface area contributed by atoms with Gasteiger partial charge in [0, 0.05) is 13.6 Å². The maximum atomic E-state index is 12.3. The third-order valence-corrected chi connectivity index (χ3v) is 3.61. The fourth-order valence-corrected chi connectivity index (χ4v) is 2.05. The van der Waals surface area contributed by atoms with E-state index >= 15 is 0 Å². The van der Waals surface area contributed by atoms with E-state index in [1.807, 2.05) is 56.1 Å². The Morgan fingerprint density at radius 3 is 2.52 bits per heavy atom. The molecule has 4 nitrogen and oxygen atoms in total. The standard InChI is InChI=1S/C19H22N2O2/c1-5-21(4)13-20-18-12-14(2)17(11-15(18)3)19(22)23-16-9-7-6-8-10-16/h6-13H,5H2,1-4H3. The summed E-state index contributed by atoms with van der Waals surface area (Å²) in [5, 5.41) is 0. The molecule has 0 saturated heterocycles. The number of hydrogen-bond acceptors (Lipinski definition) is 3. The van der Waals surface area contributed by atoms with Crippen LogP contribution < -0.4 is 4.74 Å². The van der Waals surface area contributed by atoms with E-state index in [2.05, 4.69) is 11.9 Å².